The molecular formula is C14H10ClNO3S. The van der Waals surface area contributed by atoms with E-state index in [1.165, 1.54) is 6.08 Å². The molecule has 0 bridgehead atoms. The molecule has 0 aliphatic rings. The van der Waals surface area contributed by atoms with E-state index in [2.05, 4.69) is 0 Å². The van der Waals surface area contributed by atoms with E-state index in [9.17, 15) is 8.42 Å². The minimum atomic E-state index is -3.55. The van der Waals surface area contributed by atoms with Crippen molar-refractivity contribution in [3.8, 4) is 17.4 Å². The van der Waals surface area contributed by atoms with Gasteiger partial charge in [-0.15, -0.1) is 0 Å². The maximum atomic E-state index is 11.3. The van der Waals surface area contributed by atoms with E-state index in [1.54, 1.807) is 42.5 Å². The van der Waals surface area contributed by atoms with Gasteiger partial charge in [0.1, 0.15) is 22.5 Å². The molecule has 0 saturated carbocycles. The number of furan rings is 1. The lowest BCUT2D eigenvalue weighted by molar-refractivity contribution is 0.571. The minimum Gasteiger partial charge on any atom is -0.457 e. The highest BCUT2D eigenvalue weighted by molar-refractivity contribution is 7.95. The zero-order valence-electron chi connectivity index (χ0n) is 10.5. The first-order valence-corrected chi connectivity index (χ1v) is 7.85. The molecule has 6 heteroatoms. The quantitative estimate of drug-likeness (QED) is 0.813. The topological polar surface area (TPSA) is 71.1 Å². The van der Waals surface area contributed by atoms with Crippen LogP contribution in [0, 0.1) is 11.3 Å². The number of halogens is 1. The molecule has 102 valence electrons. The maximum absolute atomic E-state index is 11.3. The molecule has 2 aromatic rings. The zero-order chi connectivity index (χ0) is 14.8. The van der Waals surface area contributed by atoms with Crippen LogP contribution >= 0.6 is 11.6 Å². The first-order valence-electron chi connectivity index (χ1n) is 5.58. The fourth-order valence-electron chi connectivity index (χ4n) is 1.55. The molecule has 0 spiro atoms. The average molecular weight is 308 g/mol. The molecule has 0 aliphatic heterocycles. The Morgan fingerprint density at radius 2 is 1.90 bits per heavy atom. The SMILES string of the molecule is CS(=O)(=O)C(C#N)=Cc1ccc(-c2ccc(Cl)cc2)o1. The van der Waals surface area contributed by atoms with Crippen molar-refractivity contribution in [2.45, 2.75) is 0 Å². The monoisotopic (exact) mass is 307 g/mol. The Kier molecular flexibility index (Phi) is 3.98. The average Bonchev–Trinajstić information content (AvgIpc) is 2.84. The van der Waals surface area contributed by atoms with Gasteiger partial charge in [0, 0.05) is 22.9 Å². The van der Waals surface area contributed by atoms with Crippen LogP contribution in [-0.2, 0) is 9.84 Å². The van der Waals surface area contributed by atoms with E-state index >= 15 is 0 Å². The largest absolute Gasteiger partial charge is 0.457 e. The number of nitrogens with zero attached hydrogens (tertiary/aromatic N) is 1. The Morgan fingerprint density at radius 1 is 1.25 bits per heavy atom. The first kappa shape index (κ1) is 14.4. The smallest absolute Gasteiger partial charge is 0.185 e. The molecular weight excluding hydrogens is 298 g/mol. The number of benzene rings is 1. The van der Waals surface area contributed by atoms with Crippen molar-refractivity contribution in [1.29, 1.82) is 5.26 Å². The summed E-state index contributed by atoms with van der Waals surface area (Å²) in [4.78, 5) is -0.338. The molecule has 0 unspecified atom stereocenters. The van der Waals surface area contributed by atoms with Crippen molar-refractivity contribution in [3.63, 3.8) is 0 Å². The third-order valence-corrected chi connectivity index (χ3v) is 3.80. The molecule has 1 heterocycles. The molecule has 0 radical (unpaired) electrons. The van der Waals surface area contributed by atoms with Crippen molar-refractivity contribution in [3.05, 3.63) is 52.1 Å². The molecule has 0 atom stereocenters. The highest BCUT2D eigenvalue weighted by Gasteiger charge is 2.12. The van der Waals surface area contributed by atoms with Gasteiger partial charge < -0.3 is 4.42 Å². The summed E-state index contributed by atoms with van der Waals surface area (Å²) in [6.45, 7) is 0. The molecule has 0 aliphatic carbocycles. The standard InChI is InChI=1S/C14H10ClNO3S/c1-20(17,18)13(9-16)8-12-6-7-14(19-12)10-2-4-11(15)5-3-10/h2-8H,1H3. The number of allylic oxidation sites excluding steroid dienone is 1. The predicted molar refractivity (Wildman–Crippen MR) is 77.6 cm³/mol. The zero-order valence-corrected chi connectivity index (χ0v) is 12.1. The number of rotatable bonds is 3. The Hall–Kier alpha value is -2.03. The van der Waals surface area contributed by atoms with Crippen molar-refractivity contribution in [2.24, 2.45) is 0 Å². The first-order chi connectivity index (χ1) is 9.40. The Labute approximate surface area is 121 Å². The van der Waals surface area contributed by atoms with Crippen molar-refractivity contribution in [2.75, 3.05) is 6.26 Å². The molecule has 1 aromatic carbocycles. The molecule has 4 nitrogen and oxygen atoms in total. The number of sulfone groups is 1. The predicted octanol–water partition coefficient (Wildman–Crippen LogP) is 3.51. The lowest BCUT2D eigenvalue weighted by Crippen LogP contribution is -1.97. The summed E-state index contributed by atoms with van der Waals surface area (Å²) in [5.41, 5.74) is 0.812. The van der Waals surface area contributed by atoms with Crippen LogP contribution in [0.25, 0.3) is 17.4 Å². The molecule has 0 saturated heterocycles. The second kappa shape index (κ2) is 5.53. The van der Waals surface area contributed by atoms with Gasteiger partial charge in [-0.3, -0.25) is 0 Å². The van der Waals surface area contributed by atoms with Crippen molar-refractivity contribution < 1.29 is 12.8 Å². The summed E-state index contributed by atoms with van der Waals surface area (Å²) in [6, 6.07) is 12.0. The minimum absolute atomic E-state index is 0.303. The van der Waals surface area contributed by atoms with Gasteiger partial charge in [-0.25, -0.2) is 8.42 Å². The van der Waals surface area contributed by atoms with Crippen LogP contribution in [0.4, 0.5) is 0 Å². The Morgan fingerprint density at radius 3 is 2.45 bits per heavy atom. The maximum Gasteiger partial charge on any atom is 0.185 e. The van der Waals surface area contributed by atoms with Crippen LogP contribution in [0.3, 0.4) is 0 Å². The van der Waals surface area contributed by atoms with Gasteiger partial charge in [-0.1, -0.05) is 11.6 Å². The molecule has 20 heavy (non-hydrogen) atoms. The molecule has 0 amide bonds. The van der Waals surface area contributed by atoms with E-state index < -0.39 is 9.84 Å². The van der Waals surface area contributed by atoms with Gasteiger partial charge >= 0.3 is 0 Å². The number of hydrogen-bond acceptors (Lipinski definition) is 4. The second-order valence-electron chi connectivity index (χ2n) is 4.10. The molecule has 0 fully saturated rings. The summed E-state index contributed by atoms with van der Waals surface area (Å²) in [7, 11) is -3.55. The third-order valence-electron chi connectivity index (χ3n) is 2.54. The van der Waals surface area contributed by atoms with Gasteiger partial charge in [0.2, 0.25) is 0 Å². The van der Waals surface area contributed by atoms with Crippen LogP contribution < -0.4 is 0 Å². The van der Waals surface area contributed by atoms with Crippen molar-refractivity contribution in [1.82, 2.24) is 0 Å². The number of nitriles is 1. The van der Waals surface area contributed by atoms with E-state index in [4.69, 9.17) is 21.3 Å². The van der Waals surface area contributed by atoms with Gasteiger partial charge in [-0.05, 0) is 36.4 Å². The highest BCUT2D eigenvalue weighted by Crippen LogP contribution is 2.25. The summed E-state index contributed by atoms with van der Waals surface area (Å²) in [5, 5.41) is 9.44. The normalized spacial score (nSPS) is 12.2. The fourth-order valence-corrected chi connectivity index (χ4v) is 2.17. The Bertz CT molecular complexity index is 796. The Balaban J connectivity index is 2.37. The van der Waals surface area contributed by atoms with Crippen LogP contribution in [0.15, 0.2) is 45.7 Å². The van der Waals surface area contributed by atoms with Crippen LogP contribution in [0.2, 0.25) is 5.02 Å². The lowest BCUT2D eigenvalue weighted by Gasteiger charge is -1.97. The third kappa shape index (κ3) is 3.29. The van der Waals surface area contributed by atoms with E-state index in [0.717, 1.165) is 11.8 Å². The summed E-state index contributed by atoms with van der Waals surface area (Å²) >= 11 is 5.80. The van der Waals surface area contributed by atoms with Crippen LogP contribution in [0.5, 0.6) is 0 Å². The van der Waals surface area contributed by atoms with Gasteiger partial charge in [0.25, 0.3) is 0 Å². The summed E-state index contributed by atoms with van der Waals surface area (Å²) < 4.78 is 28.2. The van der Waals surface area contributed by atoms with Crippen LogP contribution in [0.1, 0.15) is 5.76 Å². The summed E-state index contributed by atoms with van der Waals surface area (Å²) in [5.74, 6) is 0.871. The van der Waals surface area contributed by atoms with Gasteiger partial charge in [0.15, 0.2) is 9.84 Å². The molecule has 0 N–H and O–H groups in total. The van der Waals surface area contributed by atoms with Crippen LogP contribution in [-0.4, -0.2) is 14.7 Å². The van der Waals surface area contributed by atoms with Gasteiger partial charge in [-0.2, -0.15) is 5.26 Å². The van der Waals surface area contributed by atoms with Crippen molar-refractivity contribution >= 4 is 27.5 Å². The summed E-state index contributed by atoms with van der Waals surface area (Å²) in [6.07, 6.45) is 2.18. The number of hydrogen-bond donors (Lipinski definition) is 0. The fraction of sp³-hybridized carbons (Fsp3) is 0.0714. The molecule has 1 aromatic heterocycles. The molecule has 2 rings (SSSR count). The van der Waals surface area contributed by atoms with E-state index in [-0.39, 0.29) is 4.91 Å². The van der Waals surface area contributed by atoms with E-state index in [1.807, 2.05) is 0 Å². The van der Waals surface area contributed by atoms with E-state index in [0.29, 0.717) is 16.5 Å². The van der Waals surface area contributed by atoms with Gasteiger partial charge in [0.05, 0.1) is 0 Å². The second-order valence-corrected chi connectivity index (χ2v) is 6.52. The highest BCUT2D eigenvalue weighted by atomic mass is 35.5. The lowest BCUT2D eigenvalue weighted by atomic mass is 10.2.